The number of nitrogens with zero attached hydrogens (tertiary/aromatic N) is 4. The van der Waals surface area contributed by atoms with E-state index in [1.54, 1.807) is 0 Å². The molecule has 0 atom stereocenters. The molecule has 2 heterocycles. The number of piperazine rings is 1. The summed E-state index contributed by atoms with van der Waals surface area (Å²) in [6, 6.07) is 8.58. The molecule has 0 radical (unpaired) electrons. The van der Waals surface area contributed by atoms with Crippen LogP contribution < -0.4 is 5.32 Å². The number of amides is 1. The highest BCUT2D eigenvalue weighted by Gasteiger charge is 2.20. The molecule has 1 saturated heterocycles. The molecule has 2 aromatic rings. The number of aryl methyl sites for hydroxylation is 1. The lowest BCUT2D eigenvalue weighted by Gasteiger charge is -2.34. The highest BCUT2D eigenvalue weighted by molar-refractivity contribution is 5.75. The molecule has 1 aliphatic heterocycles. The van der Waals surface area contributed by atoms with Gasteiger partial charge in [0.2, 0.25) is 11.8 Å². The molecule has 170 valence electrons. The van der Waals surface area contributed by atoms with Crippen molar-refractivity contribution in [2.75, 3.05) is 32.7 Å². The maximum absolute atomic E-state index is 12.2. The van der Waals surface area contributed by atoms with E-state index >= 15 is 0 Å². The molecule has 7 heteroatoms. The summed E-state index contributed by atoms with van der Waals surface area (Å²) < 4.78 is 5.28. The Morgan fingerprint density at radius 3 is 2.32 bits per heavy atom. The molecule has 31 heavy (non-hydrogen) atoms. The monoisotopic (exact) mass is 427 g/mol. The van der Waals surface area contributed by atoms with E-state index in [-0.39, 0.29) is 11.3 Å². The maximum Gasteiger partial charge on any atom is 0.226 e. The van der Waals surface area contributed by atoms with Crippen LogP contribution in [0.3, 0.4) is 0 Å². The third-order valence-corrected chi connectivity index (χ3v) is 5.76. The van der Waals surface area contributed by atoms with E-state index in [0.29, 0.717) is 37.5 Å². The Balaban J connectivity index is 1.34. The largest absolute Gasteiger partial charge is 0.352 e. The second-order valence-corrected chi connectivity index (χ2v) is 9.42. The summed E-state index contributed by atoms with van der Waals surface area (Å²) in [4.78, 5) is 21.6. The molecule has 1 fully saturated rings. The van der Waals surface area contributed by atoms with Crippen LogP contribution in [0.25, 0.3) is 0 Å². The van der Waals surface area contributed by atoms with Gasteiger partial charge in [-0.05, 0) is 24.1 Å². The van der Waals surface area contributed by atoms with Gasteiger partial charge in [-0.3, -0.25) is 9.69 Å². The summed E-state index contributed by atoms with van der Waals surface area (Å²) in [5.74, 6) is 1.36. The topological polar surface area (TPSA) is 74.5 Å². The Morgan fingerprint density at radius 1 is 1.06 bits per heavy atom. The number of hydrogen-bond acceptors (Lipinski definition) is 6. The van der Waals surface area contributed by atoms with Crippen molar-refractivity contribution in [2.24, 2.45) is 0 Å². The quantitative estimate of drug-likeness (QED) is 0.663. The molecule has 1 aromatic carbocycles. The average molecular weight is 428 g/mol. The van der Waals surface area contributed by atoms with Crippen LogP contribution >= 0.6 is 0 Å². The van der Waals surface area contributed by atoms with E-state index in [1.807, 2.05) is 0 Å². The van der Waals surface area contributed by atoms with Crippen molar-refractivity contribution in [3.63, 3.8) is 0 Å². The van der Waals surface area contributed by atoms with Crippen molar-refractivity contribution in [2.45, 2.75) is 65.5 Å². The second kappa shape index (κ2) is 10.9. The highest BCUT2D eigenvalue weighted by Crippen LogP contribution is 2.19. The van der Waals surface area contributed by atoms with Gasteiger partial charge in [-0.15, -0.1) is 0 Å². The van der Waals surface area contributed by atoms with Crippen LogP contribution in [0.4, 0.5) is 0 Å². The van der Waals surface area contributed by atoms with Crippen LogP contribution in [-0.2, 0) is 29.7 Å². The van der Waals surface area contributed by atoms with Gasteiger partial charge in [0.1, 0.15) is 0 Å². The van der Waals surface area contributed by atoms with Crippen molar-refractivity contribution in [1.82, 2.24) is 25.3 Å². The summed E-state index contributed by atoms with van der Waals surface area (Å²) in [6.45, 7) is 15.7. The zero-order chi connectivity index (χ0) is 22.3. The maximum atomic E-state index is 12.2. The molecule has 3 rings (SSSR count). The zero-order valence-electron chi connectivity index (χ0n) is 19.5. The van der Waals surface area contributed by atoms with Crippen LogP contribution in [-0.4, -0.2) is 58.6 Å². The molecule has 0 aliphatic carbocycles. The van der Waals surface area contributed by atoms with E-state index in [9.17, 15) is 4.79 Å². The average Bonchev–Trinajstić information content (AvgIpc) is 3.23. The molecule has 1 aromatic heterocycles. The Hall–Kier alpha value is -2.25. The number of nitrogens with one attached hydrogen (secondary N) is 1. The lowest BCUT2D eigenvalue weighted by Crippen LogP contribution is -2.45. The Morgan fingerprint density at radius 2 is 1.71 bits per heavy atom. The van der Waals surface area contributed by atoms with Gasteiger partial charge in [0.05, 0.1) is 0 Å². The SMILES string of the molecule is CCN1CCN(Cc2ccc(CNC(=O)CCCc3nc(C(C)(C)C)no3)cc2)CC1. The molecule has 0 saturated carbocycles. The van der Waals surface area contributed by atoms with E-state index < -0.39 is 0 Å². The third-order valence-electron chi connectivity index (χ3n) is 5.76. The minimum absolute atomic E-state index is 0.0495. The molecule has 7 nitrogen and oxygen atoms in total. The molecule has 0 bridgehead atoms. The number of carbonyl (C=O) groups excluding carboxylic acids is 1. The van der Waals surface area contributed by atoms with Crippen LogP contribution in [0.5, 0.6) is 0 Å². The van der Waals surface area contributed by atoms with E-state index in [4.69, 9.17) is 4.52 Å². The summed E-state index contributed by atoms with van der Waals surface area (Å²) in [5, 5.41) is 7.03. The fourth-order valence-electron chi connectivity index (χ4n) is 3.63. The van der Waals surface area contributed by atoms with Crippen molar-refractivity contribution < 1.29 is 9.32 Å². The van der Waals surface area contributed by atoms with Gasteiger partial charge in [0.25, 0.3) is 0 Å². The molecule has 1 aliphatic rings. The van der Waals surface area contributed by atoms with E-state index in [2.05, 4.69) is 77.2 Å². The normalized spacial score (nSPS) is 15.9. The summed E-state index contributed by atoms with van der Waals surface area (Å²) in [6.07, 6.45) is 1.77. The number of benzene rings is 1. The fraction of sp³-hybridized carbons (Fsp3) is 0.625. The Kier molecular flexibility index (Phi) is 8.21. The Labute approximate surface area is 186 Å². The predicted octanol–water partition coefficient (Wildman–Crippen LogP) is 3.14. The number of rotatable bonds is 9. The molecule has 0 unspecified atom stereocenters. The minimum Gasteiger partial charge on any atom is -0.352 e. The lowest BCUT2D eigenvalue weighted by atomic mass is 9.96. The number of carbonyl (C=O) groups is 1. The third kappa shape index (κ3) is 7.43. The first-order valence-corrected chi connectivity index (χ1v) is 11.5. The van der Waals surface area contributed by atoms with Gasteiger partial charge in [-0.2, -0.15) is 4.98 Å². The van der Waals surface area contributed by atoms with Crippen LogP contribution in [0, 0.1) is 0 Å². The van der Waals surface area contributed by atoms with E-state index in [0.717, 1.165) is 44.8 Å². The smallest absolute Gasteiger partial charge is 0.226 e. The van der Waals surface area contributed by atoms with Gasteiger partial charge in [0, 0.05) is 57.5 Å². The van der Waals surface area contributed by atoms with Gasteiger partial charge in [0.15, 0.2) is 5.82 Å². The van der Waals surface area contributed by atoms with Gasteiger partial charge < -0.3 is 14.7 Å². The fourth-order valence-corrected chi connectivity index (χ4v) is 3.63. The van der Waals surface area contributed by atoms with Crippen molar-refractivity contribution in [3.05, 3.63) is 47.1 Å². The summed E-state index contributed by atoms with van der Waals surface area (Å²) in [7, 11) is 0. The first-order chi connectivity index (χ1) is 14.8. The van der Waals surface area contributed by atoms with Crippen LogP contribution in [0.2, 0.25) is 0 Å². The first-order valence-electron chi connectivity index (χ1n) is 11.5. The summed E-state index contributed by atoms with van der Waals surface area (Å²) in [5.41, 5.74) is 2.33. The predicted molar refractivity (Wildman–Crippen MR) is 122 cm³/mol. The molecule has 0 spiro atoms. The van der Waals surface area contributed by atoms with Crippen molar-refractivity contribution in [1.29, 1.82) is 0 Å². The van der Waals surface area contributed by atoms with E-state index in [1.165, 1.54) is 5.56 Å². The minimum atomic E-state index is -0.126. The van der Waals surface area contributed by atoms with Gasteiger partial charge in [-0.25, -0.2) is 0 Å². The molecular weight excluding hydrogens is 390 g/mol. The summed E-state index contributed by atoms with van der Waals surface area (Å²) >= 11 is 0. The van der Waals surface area contributed by atoms with Crippen LogP contribution in [0.15, 0.2) is 28.8 Å². The Bertz CT molecular complexity index is 817. The number of hydrogen-bond donors (Lipinski definition) is 1. The van der Waals surface area contributed by atoms with Crippen LogP contribution in [0.1, 0.15) is 63.4 Å². The second-order valence-electron chi connectivity index (χ2n) is 9.42. The lowest BCUT2D eigenvalue weighted by molar-refractivity contribution is -0.121. The molecule has 1 N–H and O–H groups in total. The molecule has 1 amide bonds. The van der Waals surface area contributed by atoms with Crippen molar-refractivity contribution in [3.8, 4) is 0 Å². The first kappa shape index (κ1) is 23.4. The standard InChI is InChI=1S/C24H37N5O2/c1-5-28-13-15-29(16-14-28)18-20-11-9-19(10-12-20)17-25-21(30)7-6-8-22-26-23(27-31-22)24(2,3)4/h9-12H,5-8,13-18H2,1-4H3,(H,25,30). The number of likely N-dealkylation sites (N-methyl/N-ethyl adjacent to an activating group) is 1. The zero-order valence-corrected chi connectivity index (χ0v) is 19.5. The molecular formula is C24H37N5O2. The van der Waals surface area contributed by atoms with Gasteiger partial charge in [-0.1, -0.05) is 57.1 Å². The number of aromatic nitrogens is 2. The van der Waals surface area contributed by atoms with Crippen molar-refractivity contribution >= 4 is 5.91 Å². The van der Waals surface area contributed by atoms with Gasteiger partial charge >= 0.3 is 0 Å². The highest BCUT2D eigenvalue weighted by atomic mass is 16.5.